The van der Waals surface area contributed by atoms with E-state index in [9.17, 15) is 0 Å². The molecule has 2 heterocycles. The van der Waals surface area contributed by atoms with E-state index in [-0.39, 0.29) is 11.6 Å². The molecule has 0 radical (unpaired) electrons. The molecule has 0 bridgehead atoms. The molecular formula is C12H20N4O2. The Morgan fingerprint density at radius 2 is 2.33 bits per heavy atom. The summed E-state index contributed by atoms with van der Waals surface area (Å²) >= 11 is 0. The molecule has 1 saturated carbocycles. The van der Waals surface area contributed by atoms with Crippen LogP contribution >= 0.6 is 0 Å². The van der Waals surface area contributed by atoms with Crippen LogP contribution in [0.25, 0.3) is 0 Å². The normalized spacial score (nSPS) is 27.3. The number of hydrogen-bond acceptors (Lipinski definition) is 6. The second-order valence-electron chi connectivity index (χ2n) is 5.27. The number of aromatic nitrogens is 2. The molecule has 2 fully saturated rings. The molecule has 1 aliphatic carbocycles. The van der Waals surface area contributed by atoms with E-state index < -0.39 is 0 Å². The largest absolute Gasteiger partial charge is 0.367 e. The van der Waals surface area contributed by atoms with Gasteiger partial charge in [0.05, 0.1) is 12.1 Å². The van der Waals surface area contributed by atoms with Crippen molar-refractivity contribution in [1.29, 1.82) is 0 Å². The maximum absolute atomic E-state index is 6.04. The van der Waals surface area contributed by atoms with Gasteiger partial charge in [-0.1, -0.05) is 12.1 Å². The van der Waals surface area contributed by atoms with Gasteiger partial charge in [-0.25, -0.2) is 0 Å². The second-order valence-corrected chi connectivity index (χ2v) is 5.27. The highest BCUT2D eigenvalue weighted by molar-refractivity contribution is 5.12. The van der Waals surface area contributed by atoms with Crippen molar-refractivity contribution in [2.45, 2.75) is 37.8 Å². The summed E-state index contributed by atoms with van der Waals surface area (Å²) in [5.41, 5.74) is 5.68. The highest BCUT2D eigenvalue weighted by Crippen LogP contribution is 2.41. The number of nitrogens with zero attached hydrogens (tertiary/aromatic N) is 3. The Hall–Kier alpha value is -0.980. The maximum atomic E-state index is 6.04. The van der Waals surface area contributed by atoms with Gasteiger partial charge in [0.15, 0.2) is 0 Å². The van der Waals surface area contributed by atoms with Crippen molar-refractivity contribution in [1.82, 2.24) is 15.0 Å². The van der Waals surface area contributed by atoms with Gasteiger partial charge < -0.3 is 15.0 Å². The van der Waals surface area contributed by atoms with Gasteiger partial charge in [0.1, 0.15) is 6.10 Å². The molecule has 1 unspecified atom stereocenters. The van der Waals surface area contributed by atoms with Crippen molar-refractivity contribution >= 4 is 0 Å². The Kier molecular flexibility index (Phi) is 3.09. The first-order chi connectivity index (χ1) is 8.71. The van der Waals surface area contributed by atoms with Crippen LogP contribution in [0, 0.1) is 0 Å². The van der Waals surface area contributed by atoms with Gasteiger partial charge in [0.25, 0.3) is 0 Å². The lowest BCUT2D eigenvalue weighted by molar-refractivity contribution is -0.0350. The minimum Gasteiger partial charge on any atom is -0.367 e. The number of rotatable bonds is 4. The molecule has 1 aliphatic heterocycles. The van der Waals surface area contributed by atoms with Crippen molar-refractivity contribution < 1.29 is 9.26 Å². The molecule has 6 nitrogen and oxygen atoms in total. The average Bonchev–Trinajstić information content (AvgIpc) is 2.95. The molecule has 6 heteroatoms. The highest BCUT2D eigenvalue weighted by atomic mass is 16.5. The smallest absolute Gasteiger partial charge is 0.246 e. The fourth-order valence-electron chi connectivity index (χ4n) is 2.29. The number of ether oxygens (including phenoxy) is 1. The van der Waals surface area contributed by atoms with E-state index in [2.05, 4.69) is 22.0 Å². The van der Waals surface area contributed by atoms with Crippen molar-refractivity contribution in [3.63, 3.8) is 0 Å². The SMILES string of the molecule is CCCN1CCOC(c2noc(C3(N)CC3)n2)C1. The van der Waals surface area contributed by atoms with Crippen LogP contribution in [0.1, 0.15) is 44.0 Å². The van der Waals surface area contributed by atoms with Gasteiger partial charge in [0, 0.05) is 13.1 Å². The molecule has 18 heavy (non-hydrogen) atoms. The number of hydrogen-bond donors (Lipinski definition) is 1. The van der Waals surface area contributed by atoms with Crippen LogP contribution in [-0.2, 0) is 10.3 Å². The van der Waals surface area contributed by atoms with Crippen LogP contribution in [0.4, 0.5) is 0 Å². The summed E-state index contributed by atoms with van der Waals surface area (Å²) in [5, 5.41) is 4.02. The third kappa shape index (κ3) is 2.28. The highest BCUT2D eigenvalue weighted by Gasteiger charge is 2.46. The zero-order valence-electron chi connectivity index (χ0n) is 10.8. The van der Waals surface area contributed by atoms with Crippen LogP contribution in [-0.4, -0.2) is 41.3 Å². The van der Waals surface area contributed by atoms with Crippen molar-refractivity contribution in [2.24, 2.45) is 5.73 Å². The average molecular weight is 252 g/mol. The second kappa shape index (κ2) is 4.60. The summed E-state index contributed by atoms with van der Waals surface area (Å²) in [4.78, 5) is 6.78. The summed E-state index contributed by atoms with van der Waals surface area (Å²) in [6, 6.07) is 0. The Balaban J connectivity index is 1.68. The molecule has 2 aliphatic rings. The van der Waals surface area contributed by atoms with E-state index >= 15 is 0 Å². The maximum Gasteiger partial charge on any atom is 0.246 e. The standard InChI is InChI=1S/C12H20N4O2/c1-2-5-16-6-7-17-9(8-16)10-14-11(18-15-10)12(13)3-4-12/h9H,2-8,13H2,1H3. The molecule has 1 aromatic rings. The lowest BCUT2D eigenvalue weighted by Gasteiger charge is -2.30. The summed E-state index contributed by atoms with van der Waals surface area (Å²) < 4.78 is 11.0. The van der Waals surface area contributed by atoms with Crippen LogP contribution in [0.3, 0.4) is 0 Å². The van der Waals surface area contributed by atoms with Crippen molar-refractivity contribution in [2.75, 3.05) is 26.2 Å². The Morgan fingerprint density at radius 3 is 3.06 bits per heavy atom. The molecule has 1 aromatic heterocycles. The van der Waals surface area contributed by atoms with Gasteiger partial charge in [-0.2, -0.15) is 4.98 Å². The minimum absolute atomic E-state index is 0.0786. The lowest BCUT2D eigenvalue weighted by Crippen LogP contribution is -2.39. The van der Waals surface area contributed by atoms with Crippen LogP contribution in [0.5, 0.6) is 0 Å². The molecule has 1 saturated heterocycles. The van der Waals surface area contributed by atoms with E-state index in [0.29, 0.717) is 11.7 Å². The van der Waals surface area contributed by atoms with E-state index in [0.717, 1.165) is 45.5 Å². The van der Waals surface area contributed by atoms with Crippen LogP contribution < -0.4 is 5.73 Å². The molecule has 2 N–H and O–H groups in total. The summed E-state index contributed by atoms with van der Waals surface area (Å²) in [6.45, 7) is 5.82. The molecule has 3 rings (SSSR count). The van der Waals surface area contributed by atoms with E-state index in [4.69, 9.17) is 15.0 Å². The molecule has 0 aromatic carbocycles. The molecule has 1 atom stereocenters. The zero-order valence-corrected chi connectivity index (χ0v) is 10.8. The monoisotopic (exact) mass is 252 g/mol. The summed E-state index contributed by atoms with van der Waals surface area (Å²) in [7, 11) is 0. The van der Waals surface area contributed by atoms with Gasteiger partial charge in [0.2, 0.25) is 11.7 Å². The number of morpholine rings is 1. The molecule has 100 valence electrons. The summed E-state index contributed by atoms with van der Waals surface area (Å²) in [5.74, 6) is 1.20. The molecule has 0 spiro atoms. The van der Waals surface area contributed by atoms with Gasteiger partial charge in [-0.05, 0) is 25.8 Å². The van der Waals surface area contributed by atoms with Crippen LogP contribution in [0.15, 0.2) is 4.52 Å². The molecular weight excluding hydrogens is 232 g/mol. The quantitative estimate of drug-likeness (QED) is 0.854. The first-order valence-electron chi connectivity index (χ1n) is 6.68. The van der Waals surface area contributed by atoms with E-state index in [1.165, 1.54) is 0 Å². The Bertz CT molecular complexity index is 414. The van der Waals surface area contributed by atoms with Gasteiger partial charge >= 0.3 is 0 Å². The Labute approximate surface area is 106 Å². The van der Waals surface area contributed by atoms with Crippen LogP contribution in [0.2, 0.25) is 0 Å². The fraction of sp³-hybridized carbons (Fsp3) is 0.833. The van der Waals surface area contributed by atoms with E-state index in [1.54, 1.807) is 0 Å². The topological polar surface area (TPSA) is 77.4 Å². The predicted octanol–water partition coefficient (Wildman–Crippen LogP) is 0.801. The third-order valence-electron chi connectivity index (χ3n) is 3.63. The zero-order chi connectivity index (χ0) is 12.6. The van der Waals surface area contributed by atoms with E-state index in [1.807, 2.05) is 0 Å². The van der Waals surface area contributed by atoms with Crippen molar-refractivity contribution in [3.8, 4) is 0 Å². The summed E-state index contributed by atoms with van der Waals surface area (Å²) in [6.07, 6.45) is 2.94. The number of nitrogens with two attached hydrogens (primary N) is 1. The first kappa shape index (κ1) is 12.1. The molecule has 0 amide bonds. The third-order valence-corrected chi connectivity index (χ3v) is 3.63. The predicted molar refractivity (Wildman–Crippen MR) is 64.8 cm³/mol. The van der Waals surface area contributed by atoms with Gasteiger partial charge in [-0.3, -0.25) is 4.90 Å². The minimum atomic E-state index is -0.358. The van der Waals surface area contributed by atoms with Gasteiger partial charge in [-0.15, -0.1) is 0 Å². The fourth-order valence-corrected chi connectivity index (χ4v) is 2.29. The van der Waals surface area contributed by atoms with Crippen molar-refractivity contribution in [3.05, 3.63) is 11.7 Å². The Morgan fingerprint density at radius 1 is 1.50 bits per heavy atom. The lowest BCUT2D eigenvalue weighted by atomic mass is 10.2. The first-order valence-corrected chi connectivity index (χ1v) is 6.68.